The van der Waals surface area contributed by atoms with E-state index < -0.39 is 18.1 Å². The Balaban J connectivity index is 2.06. The van der Waals surface area contributed by atoms with Crippen molar-refractivity contribution >= 4 is 11.8 Å². The average molecular weight is 435 g/mol. The van der Waals surface area contributed by atoms with E-state index >= 15 is 0 Å². The molecule has 30 heavy (non-hydrogen) atoms. The van der Waals surface area contributed by atoms with E-state index in [0.29, 0.717) is 18.5 Å². The minimum absolute atomic E-state index is 0.0237. The molecule has 0 saturated carbocycles. The number of hydrogen-bond acceptors (Lipinski definition) is 4. The summed E-state index contributed by atoms with van der Waals surface area (Å²) in [4.78, 5) is 30.5. The molecule has 0 aromatic rings. The number of piperidine rings is 1. The van der Waals surface area contributed by atoms with Gasteiger partial charge in [-0.2, -0.15) is 13.2 Å². The number of piperazine rings is 1. The van der Waals surface area contributed by atoms with Crippen molar-refractivity contribution < 1.29 is 22.8 Å². The van der Waals surface area contributed by atoms with Gasteiger partial charge in [0.25, 0.3) is 0 Å². The molecule has 174 valence electrons. The fourth-order valence-corrected chi connectivity index (χ4v) is 4.83. The molecule has 4 atom stereocenters. The molecule has 2 aliphatic heterocycles. The Morgan fingerprint density at radius 2 is 1.67 bits per heavy atom. The molecule has 2 fully saturated rings. The number of rotatable bonds is 5. The largest absolute Gasteiger partial charge is 0.410 e. The van der Waals surface area contributed by atoms with Crippen molar-refractivity contribution in [2.45, 2.75) is 77.8 Å². The summed E-state index contributed by atoms with van der Waals surface area (Å²) in [5.41, 5.74) is 0. The number of hydrogen-bond donors (Lipinski definition) is 0. The third kappa shape index (κ3) is 6.09. The van der Waals surface area contributed by atoms with Gasteiger partial charge in [-0.3, -0.25) is 19.4 Å². The van der Waals surface area contributed by atoms with Gasteiger partial charge in [0.2, 0.25) is 11.8 Å². The molecule has 2 amide bonds. The molecule has 0 bridgehead atoms. The standard InChI is InChI=1S/C21H37F3N4O2/c1-14(2)27-11-18(10-19(12-27)25(6)16(4)29)9-15(3)26-7-8-28(17(5)30)20(13-26)21(22,23)24/h14-15,18-20H,7-13H2,1-6H3. The lowest BCUT2D eigenvalue weighted by molar-refractivity contribution is -0.202. The van der Waals surface area contributed by atoms with E-state index in [4.69, 9.17) is 0 Å². The lowest BCUT2D eigenvalue weighted by atomic mass is 9.87. The minimum atomic E-state index is -4.43. The van der Waals surface area contributed by atoms with Crippen LogP contribution < -0.4 is 0 Å². The van der Waals surface area contributed by atoms with Crippen LogP contribution in [0.25, 0.3) is 0 Å². The highest BCUT2D eigenvalue weighted by Crippen LogP contribution is 2.31. The van der Waals surface area contributed by atoms with Crippen molar-refractivity contribution in [2.24, 2.45) is 5.92 Å². The van der Waals surface area contributed by atoms with Gasteiger partial charge < -0.3 is 9.80 Å². The second kappa shape index (κ2) is 9.85. The second-order valence-electron chi connectivity index (χ2n) is 9.28. The first kappa shape index (κ1) is 24.9. The van der Waals surface area contributed by atoms with Crippen LogP contribution in [0.5, 0.6) is 0 Å². The Kier molecular flexibility index (Phi) is 8.18. The number of carbonyl (C=O) groups excluding carboxylic acids is 2. The Hall–Kier alpha value is -1.35. The van der Waals surface area contributed by atoms with Gasteiger partial charge in [-0.25, -0.2) is 0 Å². The average Bonchev–Trinajstić information content (AvgIpc) is 2.65. The zero-order chi connectivity index (χ0) is 22.8. The maximum absolute atomic E-state index is 13.5. The number of likely N-dealkylation sites (N-methyl/N-ethyl adjacent to an activating group) is 1. The number of nitrogens with zero attached hydrogens (tertiary/aromatic N) is 4. The number of carbonyl (C=O) groups is 2. The van der Waals surface area contributed by atoms with Crippen LogP contribution in [0.15, 0.2) is 0 Å². The van der Waals surface area contributed by atoms with E-state index in [1.807, 2.05) is 18.9 Å². The predicted octanol–water partition coefficient (Wildman–Crippen LogP) is 2.44. The van der Waals surface area contributed by atoms with Gasteiger partial charge in [-0.05, 0) is 39.5 Å². The number of alkyl halides is 3. The smallest absolute Gasteiger partial charge is 0.342 e. The monoisotopic (exact) mass is 434 g/mol. The summed E-state index contributed by atoms with van der Waals surface area (Å²) in [5.74, 6) is -0.191. The van der Waals surface area contributed by atoms with Gasteiger partial charge >= 0.3 is 6.18 Å². The van der Waals surface area contributed by atoms with Gasteiger partial charge in [0.15, 0.2) is 0 Å². The van der Waals surface area contributed by atoms with Gasteiger partial charge in [0.05, 0.1) is 0 Å². The summed E-state index contributed by atoms with van der Waals surface area (Å²) in [6.07, 6.45) is -2.80. The lowest BCUT2D eigenvalue weighted by Gasteiger charge is -2.46. The molecule has 0 aromatic heterocycles. The summed E-state index contributed by atoms with van der Waals surface area (Å²) in [6.45, 7) is 11.1. The van der Waals surface area contributed by atoms with Crippen LogP contribution >= 0.6 is 0 Å². The zero-order valence-electron chi connectivity index (χ0n) is 19.1. The van der Waals surface area contributed by atoms with Crippen LogP contribution in [0.2, 0.25) is 0 Å². The summed E-state index contributed by atoms with van der Waals surface area (Å²) in [5, 5.41) is 0. The van der Waals surface area contributed by atoms with E-state index in [-0.39, 0.29) is 31.1 Å². The van der Waals surface area contributed by atoms with E-state index in [9.17, 15) is 22.8 Å². The molecule has 0 radical (unpaired) electrons. The first-order valence-electron chi connectivity index (χ1n) is 10.9. The number of likely N-dealkylation sites (tertiary alicyclic amines) is 1. The van der Waals surface area contributed by atoms with Crippen LogP contribution in [0.3, 0.4) is 0 Å². The van der Waals surface area contributed by atoms with E-state index in [2.05, 4.69) is 18.7 Å². The van der Waals surface area contributed by atoms with E-state index in [1.165, 1.54) is 6.92 Å². The number of amides is 2. The third-order valence-electron chi connectivity index (χ3n) is 6.81. The van der Waals surface area contributed by atoms with Crippen molar-refractivity contribution in [1.29, 1.82) is 0 Å². The second-order valence-corrected chi connectivity index (χ2v) is 9.28. The molecular formula is C21H37F3N4O2. The Morgan fingerprint density at radius 3 is 2.17 bits per heavy atom. The SMILES string of the molecule is CC(=O)N(C)C1CC(CC(C)N2CCN(C(C)=O)C(C(F)(F)F)C2)CN(C(C)C)C1. The Morgan fingerprint density at radius 1 is 1.03 bits per heavy atom. The molecule has 6 nitrogen and oxygen atoms in total. The summed E-state index contributed by atoms with van der Waals surface area (Å²) < 4.78 is 40.6. The summed E-state index contributed by atoms with van der Waals surface area (Å²) in [7, 11) is 1.83. The molecule has 2 aliphatic rings. The Labute approximate surface area is 178 Å². The third-order valence-corrected chi connectivity index (χ3v) is 6.81. The van der Waals surface area contributed by atoms with Crippen molar-refractivity contribution in [3.05, 3.63) is 0 Å². The molecule has 0 aromatic carbocycles. The molecule has 0 aliphatic carbocycles. The van der Waals surface area contributed by atoms with Crippen molar-refractivity contribution in [3.8, 4) is 0 Å². The molecular weight excluding hydrogens is 397 g/mol. The lowest BCUT2D eigenvalue weighted by Crippen LogP contribution is -2.62. The van der Waals surface area contributed by atoms with Crippen molar-refractivity contribution in [3.63, 3.8) is 0 Å². The zero-order valence-corrected chi connectivity index (χ0v) is 19.1. The van der Waals surface area contributed by atoms with E-state index in [0.717, 1.165) is 30.8 Å². The first-order chi connectivity index (χ1) is 13.8. The maximum Gasteiger partial charge on any atom is 0.410 e. The highest BCUT2D eigenvalue weighted by molar-refractivity contribution is 5.74. The fourth-order valence-electron chi connectivity index (χ4n) is 4.83. The van der Waals surface area contributed by atoms with Crippen molar-refractivity contribution in [2.75, 3.05) is 39.8 Å². The van der Waals surface area contributed by atoms with Crippen molar-refractivity contribution in [1.82, 2.24) is 19.6 Å². The number of halogens is 3. The first-order valence-corrected chi connectivity index (χ1v) is 10.9. The predicted molar refractivity (Wildman–Crippen MR) is 110 cm³/mol. The topological polar surface area (TPSA) is 47.1 Å². The molecule has 0 spiro atoms. The molecule has 4 unspecified atom stereocenters. The van der Waals surface area contributed by atoms with Gasteiger partial charge in [0, 0.05) is 71.7 Å². The van der Waals surface area contributed by atoms with Crippen LogP contribution in [0.1, 0.15) is 47.5 Å². The maximum atomic E-state index is 13.5. The van der Waals surface area contributed by atoms with Crippen LogP contribution in [0, 0.1) is 5.92 Å². The molecule has 9 heteroatoms. The fraction of sp³-hybridized carbons (Fsp3) is 0.905. The molecule has 2 rings (SSSR count). The summed E-state index contributed by atoms with van der Waals surface area (Å²) in [6, 6.07) is -1.31. The quantitative estimate of drug-likeness (QED) is 0.667. The Bertz CT molecular complexity index is 614. The van der Waals surface area contributed by atoms with Crippen LogP contribution in [-0.2, 0) is 9.59 Å². The van der Waals surface area contributed by atoms with Crippen LogP contribution in [-0.4, -0.2) is 102 Å². The summed E-state index contributed by atoms with van der Waals surface area (Å²) >= 11 is 0. The van der Waals surface area contributed by atoms with Gasteiger partial charge in [0.1, 0.15) is 6.04 Å². The van der Waals surface area contributed by atoms with E-state index in [1.54, 1.807) is 11.8 Å². The minimum Gasteiger partial charge on any atom is -0.342 e. The molecule has 0 N–H and O–H groups in total. The highest BCUT2D eigenvalue weighted by Gasteiger charge is 2.48. The van der Waals surface area contributed by atoms with Crippen LogP contribution in [0.4, 0.5) is 13.2 Å². The molecule has 2 heterocycles. The normalized spacial score (nSPS) is 27.9. The molecule has 2 saturated heterocycles. The van der Waals surface area contributed by atoms with Gasteiger partial charge in [-0.15, -0.1) is 0 Å². The van der Waals surface area contributed by atoms with Gasteiger partial charge in [-0.1, -0.05) is 0 Å². The highest BCUT2D eigenvalue weighted by atomic mass is 19.4.